The average molecular weight is 585 g/mol. The second-order valence-corrected chi connectivity index (χ2v) is 11.2. The van der Waals surface area contributed by atoms with Crippen LogP contribution in [-0.2, 0) is 39.6 Å². The minimum absolute atomic E-state index is 0.0170. The Kier molecular flexibility index (Phi) is 17.1. The Labute approximate surface area is 247 Å². The number of aliphatic hydroxyl groups is 1. The first-order valence-electron chi connectivity index (χ1n) is 15.1. The smallest absolute Gasteiger partial charge is 0.175 e. The molecule has 0 spiro atoms. The van der Waals surface area contributed by atoms with Crippen LogP contribution in [0.25, 0.3) is 0 Å². The van der Waals surface area contributed by atoms with Crippen LogP contribution < -0.4 is 10.6 Å². The fraction of sp³-hybridized carbons (Fsp3) is 0.806. The number of aliphatic hydroxyl groups excluding tert-OH is 1. The van der Waals surface area contributed by atoms with Crippen molar-refractivity contribution >= 4 is 11.4 Å². The molecule has 2 unspecified atom stereocenters. The molecule has 10 heteroatoms. The van der Waals surface area contributed by atoms with Crippen molar-refractivity contribution in [2.45, 2.75) is 65.7 Å². The average Bonchev–Trinajstić information content (AvgIpc) is 2.93. The van der Waals surface area contributed by atoms with Crippen LogP contribution in [0.15, 0.2) is 12.1 Å². The number of anilines is 2. The van der Waals surface area contributed by atoms with Crippen molar-refractivity contribution in [3.63, 3.8) is 0 Å². The molecule has 0 saturated carbocycles. The Morgan fingerprint density at radius 3 is 1.88 bits per heavy atom. The summed E-state index contributed by atoms with van der Waals surface area (Å²) in [6.45, 7) is 19.5. The number of hydrogen-bond acceptors (Lipinski definition) is 10. The van der Waals surface area contributed by atoms with E-state index < -0.39 is 6.29 Å². The molecule has 0 aromatic heterocycles. The minimum Gasteiger partial charge on any atom is -0.398 e. The van der Waals surface area contributed by atoms with Crippen molar-refractivity contribution < 1.29 is 38.3 Å². The first-order valence-corrected chi connectivity index (χ1v) is 15.1. The summed E-state index contributed by atoms with van der Waals surface area (Å²) in [5.74, 6) is 0.746. The molecule has 0 aliphatic carbocycles. The molecular formula is C31H56N2O8. The van der Waals surface area contributed by atoms with E-state index in [1.54, 1.807) is 0 Å². The summed E-state index contributed by atoms with van der Waals surface area (Å²) >= 11 is 0. The molecule has 1 aromatic carbocycles. The maximum Gasteiger partial charge on any atom is 0.175 e. The van der Waals surface area contributed by atoms with Gasteiger partial charge in [0.1, 0.15) is 0 Å². The Morgan fingerprint density at radius 2 is 1.37 bits per heavy atom. The predicted octanol–water partition coefficient (Wildman–Crippen LogP) is 3.62. The molecule has 41 heavy (non-hydrogen) atoms. The number of nitrogens with two attached hydrogens (primary N) is 1. The summed E-state index contributed by atoms with van der Waals surface area (Å²) in [6.07, 6.45) is 0.511. The van der Waals surface area contributed by atoms with Gasteiger partial charge in [-0.2, -0.15) is 0 Å². The Bertz CT molecular complexity index is 839. The highest BCUT2D eigenvalue weighted by Crippen LogP contribution is 2.43. The molecule has 0 bridgehead atoms. The lowest BCUT2D eigenvalue weighted by Gasteiger charge is -2.50. The van der Waals surface area contributed by atoms with Gasteiger partial charge in [0.05, 0.1) is 85.8 Å². The molecule has 1 aromatic rings. The number of ether oxygens (including phenoxy) is 7. The zero-order valence-electron chi connectivity index (χ0n) is 26.3. The number of hydrogen-bond donors (Lipinski definition) is 2. The van der Waals surface area contributed by atoms with Crippen LogP contribution in [0.1, 0.15) is 58.6 Å². The molecule has 0 fully saturated rings. The summed E-state index contributed by atoms with van der Waals surface area (Å²) in [5, 5.41) is 8.72. The lowest BCUT2D eigenvalue weighted by Crippen LogP contribution is -2.55. The molecule has 0 amide bonds. The van der Waals surface area contributed by atoms with E-state index in [-0.39, 0.29) is 12.1 Å². The number of fused-ring (bicyclic) bond motifs is 1. The van der Waals surface area contributed by atoms with Gasteiger partial charge in [-0.25, -0.2) is 0 Å². The number of rotatable bonds is 23. The van der Waals surface area contributed by atoms with E-state index in [0.717, 1.165) is 17.7 Å². The third kappa shape index (κ3) is 12.3. The summed E-state index contributed by atoms with van der Waals surface area (Å²) in [5.41, 5.74) is 10.8. The van der Waals surface area contributed by atoms with E-state index in [1.165, 1.54) is 11.3 Å². The van der Waals surface area contributed by atoms with Crippen molar-refractivity contribution in [2.75, 3.05) is 103 Å². The molecule has 2 rings (SSSR count). The van der Waals surface area contributed by atoms with E-state index in [0.29, 0.717) is 97.7 Å². The van der Waals surface area contributed by atoms with E-state index in [1.807, 2.05) is 6.92 Å². The fourth-order valence-electron chi connectivity index (χ4n) is 4.82. The second-order valence-electron chi connectivity index (χ2n) is 11.2. The number of nitrogens with zero attached hydrogens (tertiary/aromatic N) is 1. The molecule has 0 saturated heterocycles. The van der Waals surface area contributed by atoms with Crippen LogP contribution in [0.5, 0.6) is 0 Å². The van der Waals surface area contributed by atoms with Gasteiger partial charge < -0.3 is 48.9 Å². The first kappa shape index (κ1) is 35.7. The summed E-state index contributed by atoms with van der Waals surface area (Å²) in [7, 11) is 0. The Morgan fingerprint density at radius 1 is 0.854 bits per heavy atom. The monoisotopic (exact) mass is 584 g/mol. The van der Waals surface area contributed by atoms with Gasteiger partial charge in [0, 0.05) is 23.5 Å². The fourth-order valence-corrected chi connectivity index (χ4v) is 4.82. The largest absolute Gasteiger partial charge is 0.398 e. The van der Waals surface area contributed by atoms with E-state index in [9.17, 15) is 0 Å². The van der Waals surface area contributed by atoms with Crippen LogP contribution >= 0.6 is 0 Å². The van der Waals surface area contributed by atoms with Crippen LogP contribution in [0, 0.1) is 5.92 Å². The van der Waals surface area contributed by atoms with E-state index >= 15 is 0 Å². The molecule has 3 N–H and O–H groups in total. The number of nitrogen functional groups attached to an aromatic ring is 1. The second kappa shape index (κ2) is 19.6. The minimum atomic E-state index is -0.466. The van der Waals surface area contributed by atoms with Gasteiger partial charge in [-0.05, 0) is 62.3 Å². The van der Waals surface area contributed by atoms with Crippen LogP contribution in [0.3, 0.4) is 0 Å². The third-order valence-corrected chi connectivity index (χ3v) is 7.58. The highest BCUT2D eigenvalue weighted by molar-refractivity contribution is 5.67. The quantitative estimate of drug-likeness (QED) is 0.112. The maximum absolute atomic E-state index is 8.72. The molecule has 2 atom stereocenters. The first-order chi connectivity index (χ1) is 19.7. The number of benzene rings is 1. The Balaban J connectivity index is 1.99. The third-order valence-electron chi connectivity index (χ3n) is 7.58. The standard InChI is InChI=1S/C31H56N2O8/c1-7-35-10-11-38-16-18-40-30(41-19-17-39-15-14-37-13-12-36-9-8-34)23-33-29-22-27(24(2)3)28(32)21-26(29)20-25(4)31(33,5)6/h21-22,24-25,30,34H,7-20,23,32H2,1-6H3. The SMILES string of the molecule is CCOCCOCCOC(CN1c2cc(C(C)C)c(N)cc2CC(C)C1(C)C)OCCOCCOCCOCCO. The molecule has 1 aliphatic heterocycles. The predicted molar refractivity (Wildman–Crippen MR) is 162 cm³/mol. The van der Waals surface area contributed by atoms with Crippen LogP contribution in [0.2, 0.25) is 0 Å². The van der Waals surface area contributed by atoms with Crippen molar-refractivity contribution in [1.82, 2.24) is 0 Å². The summed E-state index contributed by atoms with van der Waals surface area (Å²) < 4.78 is 39.8. The van der Waals surface area contributed by atoms with Crippen LogP contribution in [-0.4, -0.2) is 109 Å². The summed E-state index contributed by atoms with van der Waals surface area (Å²) in [4.78, 5) is 2.43. The zero-order valence-corrected chi connectivity index (χ0v) is 26.3. The molecule has 238 valence electrons. The molecule has 1 aliphatic rings. The van der Waals surface area contributed by atoms with Gasteiger partial charge in [0.15, 0.2) is 6.29 Å². The van der Waals surface area contributed by atoms with Gasteiger partial charge in [0.25, 0.3) is 0 Å². The highest BCUT2D eigenvalue weighted by Gasteiger charge is 2.40. The van der Waals surface area contributed by atoms with Crippen molar-refractivity contribution in [3.05, 3.63) is 23.3 Å². The molecule has 1 heterocycles. The topological polar surface area (TPSA) is 114 Å². The van der Waals surface area contributed by atoms with Crippen molar-refractivity contribution in [2.24, 2.45) is 5.92 Å². The van der Waals surface area contributed by atoms with Gasteiger partial charge in [-0.15, -0.1) is 0 Å². The molecule has 10 nitrogen and oxygen atoms in total. The molecule has 0 radical (unpaired) electrons. The van der Waals surface area contributed by atoms with E-state index in [4.69, 9.17) is 44.0 Å². The van der Waals surface area contributed by atoms with Crippen LogP contribution in [0.4, 0.5) is 11.4 Å². The van der Waals surface area contributed by atoms with E-state index in [2.05, 4.69) is 51.7 Å². The van der Waals surface area contributed by atoms with Gasteiger partial charge in [0.2, 0.25) is 0 Å². The Hall–Kier alpha value is -1.50. The normalized spacial score (nSPS) is 17.3. The highest BCUT2D eigenvalue weighted by atomic mass is 16.7. The molecular weight excluding hydrogens is 528 g/mol. The van der Waals surface area contributed by atoms with Crippen molar-refractivity contribution in [3.8, 4) is 0 Å². The zero-order chi connectivity index (χ0) is 30.1. The summed E-state index contributed by atoms with van der Waals surface area (Å²) in [6, 6.07) is 4.41. The van der Waals surface area contributed by atoms with Gasteiger partial charge in [-0.3, -0.25) is 0 Å². The van der Waals surface area contributed by atoms with Crippen molar-refractivity contribution in [1.29, 1.82) is 0 Å². The van der Waals surface area contributed by atoms with Gasteiger partial charge >= 0.3 is 0 Å². The maximum atomic E-state index is 8.72. The lowest BCUT2D eigenvalue weighted by molar-refractivity contribution is -0.155. The van der Waals surface area contributed by atoms with Gasteiger partial charge in [-0.1, -0.05) is 20.8 Å². The lowest BCUT2D eigenvalue weighted by atomic mass is 9.77.